The van der Waals surface area contributed by atoms with Gasteiger partial charge in [-0.05, 0) is 66.6 Å². The van der Waals surface area contributed by atoms with Crippen LogP contribution in [0.2, 0.25) is 5.02 Å². The zero-order valence-electron chi connectivity index (χ0n) is 17.1. The van der Waals surface area contributed by atoms with Crippen LogP contribution in [0.15, 0.2) is 86.6 Å². The molecule has 0 aliphatic rings. The molecule has 168 valence electrons. The molecule has 0 saturated heterocycles. The van der Waals surface area contributed by atoms with E-state index in [-0.39, 0.29) is 24.0 Å². The molecule has 0 spiro atoms. The molecule has 0 aliphatic carbocycles. The number of halogens is 3. The van der Waals surface area contributed by atoms with E-state index < -0.39 is 15.9 Å². The number of amides is 1. The molecule has 0 radical (unpaired) electrons. The predicted octanol–water partition coefficient (Wildman–Crippen LogP) is 5.93. The highest BCUT2D eigenvalue weighted by atomic mass is 79.9. The second-order valence-corrected chi connectivity index (χ2v) is 11.4. The lowest BCUT2D eigenvalue weighted by Crippen LogP contribution is -2.41. The number of hydrogen-bond acceptors (Lipinski definition) is 3. The Bertz CT molecular complexity index is 1190. The van der Waals surface area contributed by atoms with Gasteiger partial charge in [0.15, 0.2) is 0 Å². The molecule has 3 rings (SSSR count). The molecule has 1 N–H and O–H groups in total. The zero-order valence-corrected chi connectivity index (χ0v) is 21.9. The fraction of sp³-hybridized carbons (Fsp3) is 0.174. The molecule has 5 nitrogen and oxygen atoms in total. The molecule has 0 aliphatic heterocycles. The van der Waals surface area contributed by atoms with Crippen molar-refractivity contribution in [3.63, 3.8) is 0 Å². The van der Waals surface area contributed by atoms with Crippen molar-refractivity contribution in [3.05, 3.63) is 97.9 Å². The van der Waals surface area contributed by atoms with Gasteiger partial charge in [-0.3, -0.25) is 4.79 Å². The van der Waals surface area contributed by atoms with Gasteiger partial charge in [0.2, 0.25) is 15.9 Å². The molecule has 0 bridgehead atoms. The summed E-state index contributed by atoms with van der Waals surface area (Å²) in [6.07, 6.45) is 0. The van der Waals surface area contributed by atoms with E-state index in [2.05, 4.69) is 37.2 Å². The van der Waals surface area contributed by atoms with Gasteiger partial charge >= 0.3 is 0 Å². The summed E-state index contributed by atoms with van der Waals surface area (Å²) in [6, 6.07) is 20.5. The van der Waals surface area contributed by atoms with Crippen molar-refractivity contribution in [2.24, 2.45) is 0 Å². The first-order valence-electron chi connectivity index (χ1n) is 9.70. The average Bonchev–Trinajstić information content (AvgIpc) is 2.75. The normalized spacial score (nSPS) is 12.5. The van der Waals surface area contributed by atoms with Gasteiger partial charge in [-0.1, -0.05) is 67.7 Å². The molecular formula is C23H21Br2ClN2O3S. The molecule has 0 aromatic heterocycles. The maximum atomic E-state index is 13.3. The molecule has 9 heteroatoms. The van der Waals surface area contributed by atoms with Gasteiger partial charge in [0.05, 0.1) is 17.5 Å². The van der Waals surface area contributed by atoms with Gasteiger partial charge in [-0.2, -0.15) is 4.31 Å². The third kappa shape index (κ3) is 6.65. The number of carbonyl (C=O) groups excluding carboxylic acids is 1. The predicted molar refractivity (Wildman–Crippen MR) is 134 cm³/mol. The molecule has 32 heavy (non-hydrogen) atoms. The number of benzene rings is 3. The monoisotopic (exact) mass is 598 g/mol. The van der Waals surface area contributed by atoms with Gasteiger partial charge in [-0.15, -0.1) is 0 Å². The van der Waals surface area contributed by atoms with Crippen LogP contribution in [-0.4, -0.2) is 25.2 Å². The smallest absolute Gasteiger partial charge is 0.243 e. The van der Waals surface area contributed by atoms with Crippen molar-refractivity contribution in [1.29, 1.82) is 0 Å². The molecule has 0 unspecified atom stereocenters. The van der Waals surface area contributed by atoms with Crippen molar-refractivity contribution in [3.8, 4) is 0 Å². The molecule has 3 aromatic carbocycles. The number of nitrogens with one attached hydrogen (secondary N) is 1. The van der Waals surface area contributed by atoms with Crippen LogP contribution in [0.1, 0.15) is 24.1 Å². The number of hydrogen-bond donors (Lipinski definition) is 1. The average molecular weight is 601 g/mol. The van der Waals surface area contributed by atoms with Crippen molar-refractivity contribution in [2.75, 3.05) is 6.54 Å². The van der Waals surface area contributed by atoms with Crippen LogP contribution in [0, 0.1) is 0 Å². The van der Waals surface area contributed by atoms with E-state index in [1.54, 1.807) is 0 Å². The lowest BCUT2D eigenvalue weighted by molar-refractivity contribution is -0.122. The van der Waals surface area contributed by atoms with E-state index in [4.69, 9.17) is 11.6 Å². The maximum Gasteiger partial charge on any atom is 0.243 e. The Morgan fingerprint density at radius 1 is 1.00 bits per heavy atom. The second-order valence-electron chi connectivity index (χ2n) is 7.20. The van der Waals surface area contributed by atoms with Crippen LogP contribution in [0.3, 0.4) is 0 Å². The second kappa shape index (κ2) is 10.9. The minimum Gasteiger partial charge on any atom is -0.348 e. The Morgan fingerprint density at radius 3 is 2.28 bits per heavy atom. The summed E-state index contributed by atoms with van der Waals surface area (Å²) in [6.45, 7) is 1.59. The molecule has 0 heterocycles. The topological polar surface area (TPSA) is 66.5 Å². The summed E-state index contributed by atoms with van der Waals surface area (Å²) in [5, 5.41) is 3.32. The first-order chi connectivity index (χ1) is 15.1. The Labute approximate surface area is 210 Å². The molecule has 0 saturated carbocycles. The lowest BCUT2D eigenvalue weighted by atomic mass is 10.1. The Kier molecular flexibility index (Phi) is 8.52. The first-order valence-corrected chi connectivity index (χ1v) is 13.1. The Balaban J connectivity index is 1.83. The van der Waals surface area contributed by atoms with E-state index in [0.717, 1.165) is 20.1 Å². The fourth-order valence-corrected chi connectivity index (χ4v) is 5.27. The van der Waals surface area contributed by atoms with Crippen molar-refractivity contribution in [1.82, 2.24) is 9.62 Å². The van der Waals surface area contributed by atoms with Gasteiger partial charge in [0.25, 0.3) is 0 Å². The summed E-state index contributed by atoms with van der Waals surface area (Å²) in [4.78, 5) is 12.9. The Morgan fingerprint density at radius 2 is 1.66 bits per heavy atom. The molecule has 3 aromatic rings. The highest BCUT2D eigenvalue weighted by molar-refractivity contribution is 9.10. The zero-order chi connectivity index (χ0) is 23.3. The van der Waals surface area contributed by atoms with Gasteiger partial charge < -0.3 is 5.32 Å². The number of rotatable bonds is 8. The third-order valence-corrected chi connectivity index (χ3v) is 7.85. The third-order valence-electron chi connectivity index (χ3n) is 4.77. The molecule has 0 fully saturated rings. The maximum absolute atomic E-state index is 13.3. The van der Waals surface area contributed by atoms with Crippen LogP contribution in [0.5, 0.6) is 0 Å². The largest absolute Gasteiger partial charge is 0.348 e. The van der Waals surface area contributed by atoms with Gasteiger partial charge in [-0.25, -0.2) is 8.42 Å². The summed E-state index contributed by atoms with van der Waals surface area (Å²) in [5.41, 5.74) is 1.67. The summed E-state index contributed by atoms with van der Waals surface area (Å²) in [7, 11) is -3.93. The summed E-state index contributed by atoms with van der Waals surface area (Å²) >= 11 is 12.7. The molecule has 1 amide bonds. The standard InChI is InChI=1S/C23H21Br2ClN2O3S/c1-16(18-3-2-4-20(25)13-18)27-23(29)15-28(14-17-5-7-19(24)8-6-17)32(30,31)22-11-9-21(26)10-12-22/h2-13,16H,14-15H2,1H3,(H,27,29)/t16-/m1/s1. The number of carbonyl (C=O) groups is 1. The molecular weight excluding hydrogens is 580 g/mol. The van der Waals surface area contributed by atoms with E-state index in [1.807, 2.05) is 55.5 Å². The van der Waals surface area contributed by atoms with Crippen molar-refractivity contribution in [2.45, 2.75) is 24.4 Å². The van der Waals surface area contributed by atoms with Crippen LogP contribution in [0.25, 0.3) is 0 Å². The SMILES string of the molecule is C[C@@H](NC(=O)CN(Cc1ccc(Br)cc1)S(=O)(=O)c1ccc(Cl)cc1)c1cccc(Br)c1. The van der Waals surface area contributed by atoms with Crippen LogP contribution < -0.4 is 5.32 Å². The fourth-order valence-electron chi connectivity index (χ4n) is 3.08. The first kappa shape index (κ1) is 24.9. The highest BCUT2D eigenvalue weighted by Crippen LogP contribution is 2.22. The van der Waals surface area contributed by atoms with Crippen LogP contribution >= 0.6 is 43.5 Å². The summed E-state index contributed by atoms with van der Waals surface area (Å²) in [5.74, 6) is -0.396. The Hall–Kier alpha value is -1.71. The number of nitrogens with zero attached hydrogens (tertiary/aromatic N) is 1. The number of sulfonamides is 1. The van der Waals surface area contributed by atoms with E-state index in [9.17, 15) is 13.2 Å². The minimum absolute atomic E-state index is 0.0525. The van der Waals surface area contributed by atoms with Crippen LogP contribution in [0.4, 0.5) is 0 Å². The highest BCUT2D eigenvalue weighted by Gasteiger charge is 2.27. The van der Waals surface area contributed by atoms with Gasteiger partial charge in [0, 0.05) is 20.5 Å². The minimum atomic E-state index is -3.93. The van der Waals surface area contributed by atoms with Gasteiger partial charge in [0.1, 0.15) is 0 Å². The quantitative estimate of drug-likeness (QED) is 0.349. The summed E-state index contributed by atoms with van der Waals surface area (Å²) < 4.78 is 29.6. The van der Waals surface area contributed by atoms with Crippen molar-refractivity contribution < 1.29 is 13.2 Å². The lowest BCUT2D eigenvalue weighted by Gasteiger charge is -2.23. The van der Waals surface area contributed by atoms with E-state index in [1.165, 1.54) is 28.6 Å². The van der Waals surface area contributed by atoms with Crippen molar-refractivity contribution >= 4 is 59.4 Å². The molecule has 1 atom stereocenters. The van der Waals surface area contributed by atoms with E-state index >= 15 is 0 Å². The van der Waals surface area contributed by atoms with E-state index in [0.29, 0.717) is 5.02 Å². The van der Waals surface area contributed by atoms with Crippen LogP contribution in [-0.2, 0) is 21.4 Å².